The van der Waals surface area contributed by atoms with Gasteiger partial charge in [-0.1, -0.05) is 11.6 Å². The normalized spacial score (nSPS) is 16.4. The van der Waals surface area contributed by atoms with Gasteiger partial charge >= 0.3 is 0 Å². The summed E-state index contributed by atoms with van der Waals surface area (Å²) >= 11 is 5.63. The molecule has 0 saturated heterocycles. The minimum atomic E-state index is -3.87. The van der Waals surface area contributed by atoms with Gasteiger partial charge in [-0.15, -0.1) is 0 Å². The highest BCUT2D eigenvalue weighted by molar-refractivity contribution is 8.13. The minimum absolute atomic E-state index is 0.0249. The van der Waals surface area contributed by atoms with E-state index >= 15 is 0 Å². The van der Waals surface area contributed by atoms with E-state index in [1.165, 1.54) is 12.3 Å². The average Bonchev–Trinajstić information content (AvgIpc) is 2.90. The Morgan fingerprint density at radius 2 is 2.13 bits per heavy atom. The maximum atomic E-state index is 11.2. The average molecular weight is 268 g/mol. The van der Waals surface area contributed by atoms with Crippen molar-refractivity contribution in [2.45, 2.75) is 23.8 Å². The van der Waals surface area contributed by atoms with Crippen LogP contribution in [0.25, 0.3) is 0 Å². The molecule has 0 aromatic carbocycles. The van der Waals surface area contributed by atoms with Crippen LogP contribution in [0.4, 0.5) is 0 Å². The molecule has 4 nitrogen and oxygen atoms in total. The van der Waals surface area contributed by atoms with Gasteiger partial charge in [0.2, 0.25) is 5.88 Å². The first kappa shape index (κ1) is 11.0. The maximum Gasteiger partial charge on any atom is 0.266 e. The van der Waals surface area contributed by atoms with Crippen LogP contribution < -0.4 is 4.74 Å². The summed E-state index contributed by atoms with van der Waals surface area (Å²) in [6, 6.07) is 1.23. The van der Waals surface area contributed by atoms with E-state index in [1.54, 1.807) is 0 Å². The summed E-state index contributed by atoms with van der Waals surface area (Å²) in [5.74, 6) is 0.0249. The van der Waals surface area contributed by atoms with Gasteiger partial charge in [-0.05, 0) is 18.9 Å². The molecule has 0 atom stereocenters. The molecular formula is C8H7Cl2NO3S. The van der Waals surface area contributed by atoms with Crippen LogP contribution in [-0.4, -0.2) is 19.5 Å². The second kappa shape index (κ2) is 3.81. The zero-order chi connectivity index (χ0) is 11.1. The fraction of sp³-hybridized carbons (Fsp3) is 0.375. The molecule has 0 radical (unpaired) electrons. The fourth-order valence-corrected chi connectivity index (χ4v) is 2.15. The molecule has 0 aliphatic heterocycles. The van der Waals surface area contributed by atoms with Gasteiger partial charge in [0.1, 0.15) is 11.0 Å². The molecule has 1 aromatic rings. The lowest BCUT2D eigenvalue weighted by Crippen LogP contribution is -2.03. The summed E-state index contributed by atoms with van der Waals surface area (Å²) in [5, 5.41) is 0.206. The summed E-state index contributed by atoms with van der Waals surface area (Å²) in [6.07, 6.45) is 3.19. The van der Waals surface area contributed by atoms with Crippen LogP contribution in [-0.2, 0) is 9.05 Å². The van der Waals surface area contributed by atoms with Crippen LogP contribution in [0, 0.1) is 0 Å². The predicted octanol–water partition coefficient (Wildman–Crippen LogP) is 2.20. The smallest absolute Gasteiger partial charge is 0.266 e. The number of nitrogens with zero attached hydrogens (tertiary/aromatic N) is 1. The molecule has 82 valence electrons. The highest BCUT2D eigenvalue weighted by Crippen LogP contribution is 2.32. The van der Waals surface area contributed by atoms with Gasteiger partial charge in [-0.2, -0.15) is 0 Å². The molecule has 7 heteroatoms. The summed E-state index contributed by atoms with van der Waals surface area (Å²) in [4.78, 5) is 3.63. The van der Waals surface area contributed by atoms with Gasteiger partial charge in [0.15, 0.2) is 0 Å². The van der Waals surface area contributed by atoms with Crippen LogP contribution in [0.1, 0.15) is 12.8 Å². The first-order valence-corrected chi connectivity index (χ1v) is 6.92. The summed E-state index contributed by atoms with van der Waals surface area (Å²) in [6.45, 7) is 0. The number of hydrogen-bond donors (Lipinski definition) is 0. The van der Waals surface area contributed by atoms with E-state index in [1.807, 2.05) is 0 Å². The molecule has 0 spiro atoms. The lowest BCUT2D eigenvalue weighted by atomic mass is 10.5. The zero-order valence-corrected chi connectivity index (χ0v) is 9.81. The minimum Gasteiger partial charge on any atom is -0.473 e. The van der Waals surface area contributed by atoms with Crippen molar-refractivity contribution in [2.24, 2.45) is 0 Å². The molecule has 1 saturated carbocycles. The number of ether oxygens (including phenoxy) is 1. The first-order chi connectivity index (χ1) is 6.97. The van der Waals surface area contributed by atoms with Crippen molar-refractivity contribution < 1.29 is 13.2 Å². The number of halogens is 2. The third-order valence-electron chi connectivity index (χ3n) is 1.85. The SMILES string of the molecule is O=S(=O)(Cl)c1cc(Cl)cnc1OC1CC1. The van der Waals surface area contributed by atoms with Crippen LogP contribution in [0.3, 0.4) is 0 Å². The third-order valence-corrected chi connectivity index (χ3v) is 3.37. The molecule has 1 aromatic heterocycles. The largest absolute Gasteiger partial charge is 0.473 e. The Morgan fingerprint density at radius 3 is 2.67 bits per heavy atom. The third kappa shape index (κ3) is 2.74. The van der Waals surface area contributed by atoms with Crippen molar-refractivity contribution in [1.29, 1.82) is 0 Å². The molecular weight excluding hydrogens is 261 g/mol. The van der Waals surface area contributed by atoms with Gasteiger partial charge in [0.05, 0.1) is 5.02 Å². The van der Waals surface area contributed by atoms with E-state index in [0.29, 0.717) is 0 Å². The van der Waals surface area contributed by atoms with E-state index in [0.717, 1.165) is 12.8 Å². The molecule has 1 aliphatic rings. The molecule has 1 fully saturated rings. The topological polar surface area (TPSA) is 56.3 Å². The van der Waals surface area contributed by atoms with E-state index in [2.05, 4.69) is 4.98 Å². The Balaban J connectivity index is 2.43. The van der Waals surface area contributed by atoms with Crippen LogP contribution in [0.5, 0.6) is 5.88 Å². The maximum absolute atomic E-state index is 11.2. The Morgan fingerprint density at radius 1 is 1.47 bits per heavy atom. The summed E-state index contributed by atoms with van der Waals surface area (Å²) in [7, 11) is 1.36. The Labute approximate surface area is 96.6 Å². The molecule has 0 N–H and O–H groups in total. The second-order valence-corrected chi connectivity index (χ2v) is 6.18. The number of hydrogen-bond acceptors (Lipinski definition) is 4. The quantitative estimate of drug-likeness (QED) is 0.788. The second-order valence-electron chi connectivity index (χ2n) is 3.21. The van der Waals surface area contributed by atoms with E-state index in [-0.39, 0.29) is 21.9 Å². The van der Waals surface area contributed by atoms with Crippen molar-refractivity contribution >= 4 is 31.3 Å². The standard InChI is InChI=1S/C8H7Cl2NO3S/c9-5-3-7(15(10,12)13)8(11-4-5)14-6-1-2-6/h3-4,6H,1-2H2. The van der Waals surface area contributed by atoms with E-state index in [4.69, 9.17) is 27.0 Å². The zero-order valence-electron chi connectivity index (χ0n) is 7.48. The van der Waals surface area contributed by atoms with Crippen molar-refractivity contribution in [3.05, 3.63) is 17.3 Å². The number of pyridine rings is 1. The summed E-state index contributed by atoms with van der Waals surface area (Å²) in [5.41, 5.74) is 0. The van der Waals surface area contributed by atoms with Crippen LogP contribution in [0.2, 0.25) is 5.02 Å². The van der Waals surface area contributed by atoms with E-state index in [9.17, 15) is 8.42 Å². The molecule has 1 heterocycles. The lowest BCUT2D eigenvalue weighted by molar-refractivity contribution is 0.282. The van der Waals surface area contributed by atoms with Crippen molar-refractivity contribution in [3.8, 4) is 5.88 Å². The molecule has 0 amide bonds. The number of rotatable bonds is 3. The molecule has 0 unspecified atom stereocenters. The molecule has 0 bridgehead atoms. The van der Waals surface area contributed by atoms with Crippen LogP contribution >= 0.6 is 22.3 Å². The van der Waals surface area contributed by atoms with Crippen molar-refractivity contribution in [3.63, 3.8) is 0 Å². The van der Waals surface area contributed by atoms with Gasteiger partial charge in [0.25, 0.3) is 9.05 Å². The van der Waals surface area contributed by atoms with Crippen molar-refractivity contribution in [2.75, 3.05) is 0 Å². The number of aromatic nitrogens is 1. The van der Waals surface area contributed by atoms with Gasteiger partial charge in [0, 0.05) is 16.9 Å². The summed E-state index contributed by atoms with van der Waals surface area (Å²) < 4.78 is 27.7. The first-order valence-electron chi connectivity index (χ1n) is 4.23. The molecule has 2 rings (SSSR count). The molecule has 1 aliphatic carbocycles. The van der Waals surface area contributed by atoms with Gasteiger partial charge in [-0.25, -0.2) is 13.4 Å². The highest BCUT2D eigenvalue weighted by atomic mass is 35.7. The molecule has 15 heavy (non-hydrogen) atoms. The Kier molecular flexibility index (Phi) is 2.79. The van der Waals surface area contributed by atoms with Gasteiger partial charge in [-0.3, -0.25) is 0 Å². The van der Waals surface area contributed by atoms with Crippen molar-refractivity contribution in [1.82, 2.24) is 4.98 Å². The highest BCUT2D eigenvalue weighted by Gasteiger charge is 2.28. The predicted molar refractivity (Wildman–Crippen MR) is 55.9 cm³/mol. The van der Waals surface area contributed by atoms with Gasteiger partial charge < -0.3 is 4.74 Å². The van der Waals surface area contributed by atoms with E-state index < -0.39 is 9.05 Å². The monoisotopic (exact) mass is 267 g/mol. The fourth-order valence-electron chi connectivity index (χ4n) is 1.02. The lowest BCUT2D eigenvalue weighted by Gasteiger charge is -2.06. The van der Waals surface area contributed by atoms with Crippen LogP contribution in [0.15, 0.2) is 17.2 Å². The Hall–Kier alpha value is -0.520. The Bertz CT molecular complexity index is 485.